The van der Waals surface area contributed by atoms with Crippen LogP contribution in [-0.4, -0.2) is 32.3 Å². The molecule has 0 saturated carbocycles. The highest BCUT2D eigenvalue weighted by Crippen LogP contribution is 2.36. The standard InChI is InChI=1S/C20H19F3N6O2/c1-2-28-16-11-25-18(26-15-4-3-12(10-24)9-14(15)20(21,22)23)27-17(16)29(19(28)30)13-5-7-31-8-6-13/h3-4,9,11,13H,2,5-8H2,1H3,(H,25,26,27). The van der Waals surface area contributed by atoms with Gasteiger partial charge in [0.25, 0.3) is 0 Å². The topological polar surface area (TPSA) is 97.8 Å². The first-order chi connectivity index (χ1) is 14.8. The minimum atomic E-state index is -4.67. The lowest BCUT2D eigenvalue weighted by atomic mass is 10.1. The molecule has 0 unspecified atom stereocenters. The second-order valence-corrected chi connectivity index (χ2v) is 7.14. The normalized spacial score (nSPS) is 15.2. The van der Waals surface area contributed by atoms with Gasteiger partial charge in [-0.3, -0.25) is 9.13 Å². The lowest BCUT2D eigenvalue weighted by Crippen LogP contribution is -2.30. The molecule has 162 valence electrons. The summed E-state index contributed by atoms with van der Waals surface area (Å²) in [6.45, 7) is 3.28. The van der Waals surface area contributed by atoms with E-state index in [1.54, 1.807) is 10.6 Å². The average Bonchev–Trinajstić information content (AvgIpc) is 3.04. The summed E-state index contributed by atoms with van der Waals surface area (Å²) in [6.07, 6.45) is -1.95. The van der Waals surface area contributed by atoms with Gasteiger partial charge in [-0.2, -0.15) is 23.4 Å². The van der Waals surface area contributed by atoms with E-state index in [2.05, 4.69) is 15.3 Å². The summed E-state index contributed by atoms with van der Waals surface area (Å²) < 4.78 is 48.9. The van der Waals surface area contributed by atoms with Crippen molar-refractivity contribution in [1.29, 1.82) is 5.26 Å². The van der Waals surface area contributed by atoms with E-state index >= 15 is 0 Å². The minimum absolute atomic E-state index is 0.0724. The van der Waals surface area contributed by atoms with Crippen molar-refractivity contribution in [1.82, 2.24) is 19.1 Å². The van der Waals surface area contributed by atoms with E-state index in [1.165, 1.54) is 16.8 Å². The second kappa shape index (κ2) is 8.03. The fraction of sp³-hybridized carbons (Fsp3) is 0.400. The summed E-state index contributed by atoms with van der Waals surface area (Å²) in [4.78, 5) is 21.5. The first-order valence-electron chi connectivity index (χ1n) is 9.77. The zero-order chi connectivity index (χ0) is 22.2. The van der Waals surface area contributed by atoms with Crippen LogP contribution in [0.25, 0.3) is 11.2 Å². The highest BCUT2D eigenvalue weighted by Gasteiger charge is 2.34. The van der Waals surface area contributed by atoms with E-state index in [4.69, 9.17) is 10.00 Å². The number of halogens is 3. The lowest BCUT2D eigenvalue weighted by Gasteiger charge is -2.23. The molecule has 31 heavy (non-hydrogen) atoms. The highest BCUT2D eigenvalue weighted by atomic mass is 19.4. The molecule has 0 spiro atoms. The number of nitrogens with zero attached hydrogens (tertiary/aromatic N) is 5. The largest absolute Gasteiger partial charge is 0.418 e. The molecule has 1 aliphatic heterocycles. The van der Waals surface area contributed by atoms with Crippen molar-refractivity contribution in [3.05, 3.63) is 46.0 Å². The lowest BCUT2D eigenvalue weighted by molar-refractivity contribution is -0.136. The quantitative estimate of drug-likeness (QED) is 0.677. The Hall–Kier alpha value is -3.39. The molecule has 3 aromatic rings. The van der Waals surface area contributed by atoms with Gasteiger partial charge in [0.15, 0.2) is 5.65 Å². The molecule has 0 atom stereocenters. The SMILES string of the molecule is CCn1c(=O)n(C2CCOCC2)c2nc(Nc3ccc(C#N)cc3C(F)(F)F)ncc21. The van der Waals surface area contributed by atoms with Gasteiger partial charge in [-0.05, 0) is 38.0 Å². The Morgan fingerprint density at radius 1 is 1.32 bits per heavy atom. The second-order valence-electron chi connectivity index (χ2n) is 7.14. The van der Waals surface area contributed by atoms with Crippen LogP contribution in [0, 0.1) is 11.3 Å². The van der Waals surface area contributed by atoms with Crippen molar-refractivity contribution in [2.75, 3.05) is 18.5 Å². The molecular formula is C20H19F3N6O2. The smallest absolute Gasteiger partial charge is 0.381 e. The van der Waals surface area contributed by atoms with Crippen LogP contribution < -0.4 is 11.0 Å². The molecule has 3 heterocycles. The van der Waals surface area contributed by atoms with Gasteiger partial charge in [-0.1, -0.05) is 0 Å². The molecule has 0 radical (unpaired) electrons. The number of ether oxygens (including phenoxy) is 1. The van der Waals surface area contributed by atoms with Gasteiger partial charge in [-0.25, -0.2) is 9.78 Å². The fourth-order valence-electron chi connectivity index (χ4n) is 3.77. The van der Waals surface area contributed by atoms with Gasteiger partial charge < -0.3 is 10.1 Å². The fourth-order valence-corrected chi connectivity index (χ4v) is 3.77. The van der Waals surface area contributed by atoms with Crippen molar-refractivity contribution in [3.63, 3.8) is 0 Å². The van der Waals surface area contributed by atoms with Crippen LogP contribution >= 0.6 is 0 Å². The van der Waals surface area contributed by atoms with E-state index < -0.39 is 11.7 Å². The van der Waals surface area contributed by atoms with E-state index in [9.17, 15) is 18.0 Å². The number of anilines is 2. The molecule has 1 aromatic carbocycles. The van der Waals surface area contributed by atoms with Crippen LogP contribution in [0.2, 0.25) is 0 Å². The third-order valence-electron chi connectivity index (χ3n) is 5.28. The van der Waals surface area contributed by atoms with Gasteiger partial charge >= 0.3 is 11.9 Å². The van der Waals surface area contributed by atoms with E-state index in [0.29, 0.717) is 43.8 Å². The zero-order valence-corrected chi connectivity index (χ0v) is 16.6. The van der Waals surface area contributed by atoms with Crippen molar-refractivity contribution < 1.29 is 17.9 Å². The summed E-state index contributed by atoms with van der Waals surface area (Å²) in [5, 5.41) is 11.5. The molecule has 0 aliphatic carbocycles. The first-order valence-corrected chi connectivity index (χ1v) is 9.77. The predicted molar refractivity (Wildman–Crippen MR) is 106 cm³/mol. The van der Waals surface area contributed by atoms with Crippen LogP contribution in [0.3, 0.4) is 0 Å². The molecule has 1 saturated heterocycles. The molecule has 1 aliphatic rings. The van der Waals surface area contributed by atoms with Crippen LogP contribution in [0.4, 0.5) is 24.8 Å². The van der Waals surface area contributed by atoms with Gasteiger partial charge in [0.1, 0.15) is 5.52 Å². The van der Waals surface area contributed by atoms with Gasteiger partial charge in [0, 0.05) is 25.8 Å². The Morgan fingerprint density at radius 3 is 2.71 bits per heavy atom. The van der Waals surface area contributed by atoms with Crippen molar-refractivity contribution in [3.8, 4) is 6.07 Å². The van der Waals surface area contributed by atoms with E-state index in [0.717, 1.165) is 12.1 Å². The van der Waals surface area contributed by atoms with Crippen molar-refractivity contribution >= 4 is 22.8 Å². The Bertz CT molecular complexity index is 1220. The number of hydrogen-bond acceptors (Lipinski definition) is 6. The van der Waals surface area contributed by atoms with Crippen LogP contribution in [-0.2, 0) is 17.5 Å². The van der Waals surface area contributed by atoms with Gasteiger partial charge in [-0.15, -0.1) is 0 Å². The number of fused-ring (bicyclic) bond motifs is 1. The maximum absolute atomic E-state index is 13.5. The summed E-state index contributed by atoms with van der Waals surface area (Å²) >= 11 is 0. The molecule has 11 heteroatoms. The average molecular weight is 432 g/mol. The minimum Gasteiger partial charge on any atom is -0.381 e. The Morgan fingerprint density at radius 2 is 2.06 bits per heavy atom. The molecule has 4 rings (SSSR count). The monoisotopic (exact) mass is 432 g/mol. The Kier molecular flexibility index (Phi) is 5.41. The molecule has 2 aromatic heterocycles. The predicted octanol–water partition coefficient (Wildman–Crippen LogP) is 3.60. The van der Waals surface area contributed by atoms with Crippen LogP contribution in [0.15, 0.2) is 29.2 Å². The molecule has 8 nitrogen and oxygen atoms in total. The number of nitriles is 1. The third kappa shape index (κ3) is 3.86. The molecule has 0 bridgehead atoms. The molecular weight excluding hydrogens is 413 g/mol. The van der Waals surface area contributed by atoms with Gasteiger partial charge in [0.2, 0.25) is 5.95 Å². The number of aromatic nitrogens is 4. The van der Waals surface area contributed by atoms with Crippen molar-refractivity contribution in [2.45, 2.75) is 38.5 Å². The van der Waals surface area contributed by atoms with Crippen LogP contribution in [0.5, 0.6) is 0 Å². The number of aryl methyl sites for hydroxylation is 1. The number of benzene rings is 1. The maximum atomic E-state index is 13.5. The van der Waals surface area contributed by atoms with Gasteiger partial charge in [0.05, 0.1) is 29.1 Å². The number of hydrogen-bond donors (Lipinski definition) is 1. The molecule has 1 N–H and O–H groups in total. The maximum Gasteiger partial charge on any atom is 0.418 e. The molecule has 0 amide bonds. The summed E-state index contributed by atoms with van der Waals surface area (Å²) in [6, 6.07) is 4.81. The summed E-state index contributed by atoms with van der Waals surface area (Å²) in [5.74, 6) is -0.0724. The number of rotatable bonds is 4. The summed E-state index contributed by atoms with van der Waals surface area (Å²) in [7, 11) is 0. The molecule has 1 fully saturated rings. The van der Waals surface area contributed by atoms with E-state index in [-0.39, 0.29) is 28.9 Å². The Labute approximate surface area is 174 Å². The highest BCUT2D eigenvalue weighted by molar-refractivity contribution is 5.73. The third-order valence-corrected chi connectivity index (χ3v) is 5.28. The first kappa shape index (κ1) is 20.9. The number of nitrogens with one attached hydrogen (secondary N) is 1. The zero-order valence-electron chi connectivity index (χ0n) is 16.6. The number of imidazole rings is 1. The summed E-state index contributed by atoms with van der Waals surface area (Å²) in [5.41, 5.74) is -0.740. The van der Waals surface area contributed by atoms with Crippen molar-refractivity contribution in [2.24, 2.45) is 0 Å². The number of alkyl halides is 3. The Balaban J connectivity index is 1.80. The van der Waals surface area contributed by atoms with Crippen LogP contribution in [0.1, 0.15) is 36.9 Å². The van der Waals surface area contributed by atoms with E-state index in [1.807, 2.05) is 6.92 Å².